The van der Waals surface area contributed by atoms with Gasteiger partial charge in [0.15, 0.2) is 0 Å². The van der Waals surface area contributed by atoms with Gasteiger partial charge in [-0.05, 0) is 49.6 Å². The molecule has 5 rings (SSSR count). The van der Waals surface area contributed by atoms with Crippen LogP contribution in [0.15, 0.2) is 36.5 Å². The third kappa shape index (κ3) is 7.29. The summed E-state index contributed by atoms with van der Waals surface area (Å²) in [6.07, 6.45) is 2.55. The van der Waals surface area contributed by atoms with Crippen LogP contribution in [-0.4, -0.2) is 91.3 Å². The van der Waals surface area contributed by atoms with E-state index in [0.29, 0.717) is 31.6 Å². The van der Waals surface area contributed by atoms with E-state index in [2.05, 4.69) is 48.9 Å². The fraction of sp³-hybridized carbons (Fsp3) is 0.586. The van der Waals surface area contributed by atoms with Gasteiger partial charge in [-0.1, -0.05) is 26.0 Å². The van der Waals surface area contributed by atoms with Crippen molar-refractivity contribution in [3.05, 3.63) is 59.2 Å². The molecular weight excluding hydrogens is 540 g/mol. The lowest BCUT2D eigenvalue weighted by Crippen LogP contribution is -2.62. The summed E-state index contributed by atoms with van der Waals surface area (Å²) in [4.78, 5) is 25.4. The number of halogens is 3. The average Bonchev–Trinajstić information content (AvgIpc) is 3.14. The summed E-state index contributed by atoms with van der Waals surface area (Å²) >= 11 is 0. The van der Waals surface area contributed by atoms with Crippen molar-refractivity contribution in [1.29, 1.82) is 0 Å². The Kier molecular flexibility index (Phi) is 10.8. The van der Waals surface area contributed by atoms with Crippen molar-refractivity contribution in [3.63, 3.8) is 0 Å². The molecule has 1 N–H and O–H groups in total. The number of nitrogens with zero attached hydrogens (tertiary/aromatic N) is 4. The molecule has 3 atom stereocenters. The Morgan fingerprint density at radius 2 is 1.90 bits per heavy atom. The van der Waals surface area contributed by atoms with Gasteiger partial charge in [-0.2, -0.15) is 0 Å². The molecule has 2 saturated heterocycles. The quantitative estimate of drug-likeness (QED) is 0.562. The van der Waals surface area contributed by atoms with Crippen LogP contribution in [0.4, 0.5) is 10.1 Å². The van der Waals surface area contributed by atoms with Crippen LogP contribution in [0.2, 0.25) is 0 Å². The smallest absolute Gasteiger partial charge is 0.241 e. The first-order chi connectivity index (χ1) is 17.7. The summed E-state index contributed by atoms with van der Waals surface area (Å²) in [6.45, 7) is 14.9. The van der Waals surface area contributed by atoms with Crippen LogP contribution < -0.4 is 10.2 Å². The molecule has 10 heteroatoms. The van der Waals surface area contributed by atoms with Gasteiger partial charge in [0.2, 0.25) is 5.91 Å². The lowest BCUT2D eigenvalue weighted by molar-refractivity contribution is -0.121. The number of hydrogen-bond acceptors (Lipinski definition) is 6. The normalized spacial score (nSPS) is 24.9. The molecule has 2 aromatic rings. The molecule has 0 unspecified atom stereocenters. The molecule has 0 bridgehead atoms. The SMILES string of the molecule is C[C@@H]1CN(CC(=O)N2CC(C)(C)c3ncc(Cc4ccc(F)cc4)cc32)[C@@H](CN2CCOC[C@@H]2C)CN1.Cl.Cl. The lowest BCUT2D eigenvalue weighted by atomic mass is 9.91. The molecule has 3 aliphatic heterocycles. The minimum atomic E-state index is -0.238. The van der Waals surface area contributed by atoms with Gasteiger partial charge in [-0.15, -0.1) is 24.8 Å². The zero-order chi connectivity index (χ0) is 26.2. The van der Waals surface area contributed by atoms with Crippen molar-refractivity contribution in [1.82, 2.24) is 20.1 Å². The zero-order valence-electron chi connectivity index (χ0n) is 23.4. The number of anilines is 1. The first kappa shape index (κ1) is 31.7. The van der Waals surface area contributed by atoms with E-state index in [9.17, 15) is 9.18 Å². The number of ether oxygens (including phenoxy) is 1. The number of hydrogen-bond donors (Lipinski definition) is 1. The Balaban J connectivity index is 0.00000210. The monoisotopic (exact) mass is 581 g/mol. The van der Waals surface area contributed by atoms with E-state index in [1.54, 1.807) is 12.1 Å². The van der Waals surface area contributed by atoms with Crippen molar-refractivity contribution in [3.8, 4) is 0 Å². The predicted molar refractivity (Wildman–Crippen MR) is 158 cm³/mol. The van der Waals surface area contributed by atoms with E-state index in [0.717, 1.165) is 61.9 Å². The zero-order valence-corrected chi connectivity index (χ0v) is 25.0. The predicted octanol–water partition coefficient (Wildman–Crippen LogP) is 3.66. The number of piperazine rings is 1. The molecule has 216 valence electrons. The number of carbonyl (C=O) groups excluding carboxylic acids is 1. The summed E-state index contributed by atoms with van der Waals surface area (Å²) in [7, 11) is 0. The first-order valence-corrected chi connectivity index (χ1v) is 13.5. The molecule has 0 aliphatic carbocycles. The van der Waals surface area contributed by atoms with Crippen LogP contribution in [0.25, 0.3) is 0 Å². The van der Waals surface area contributed by atoms with E-state index in [-0.39, 0.29) is 48.0 Å². The topological polar surface area (TPSA) is 60.9 Å². The Labute approximate surface area is 244 Å². The molecule has 0 radical (unpaired) electrons. The van der Waals surface area contributed by atoms with Crippen LogP contribution in [0.3, 0.4) is 0 Å². The third-order valence-electron chi connectivity index (χ3n) is 8.05. The second-order valence-corrected chi connectivity index (χ2v) is 11.7. The molecule has 2 fully saturated rings. The maximum absolute atomic E-state index is 13.8. The number of nitrogens with one attached hydrogen (secondary N) is 1. The van der Waals surface area contributed by atoms with Crippen molar-refractivity contribution in [2.45, 2.75) is 57.7 Å². The van der Waals surface area contributed by atoms with E-state index in [4.69, 9.17) is 9.72 Å². The van der Waals surface area contributed by atoms with Crippen LogP contribution >= 0.6 is 24.8 Å². The number of morpholine rings is 1. The molecule has 0 spiro atoms. The molecule has 1 aromatic heterocycles. The standard InChI is InChI=1S/C29H40FN5O2.2ClH/c1-20-15-34(25(14-31-20)16-33-9-10-37-18-21(33)2)17-27(36)35-19-29(3,4)28-26(35)12-23(13-32-28)11-22-5-7-24(30)8-6-22;;/h5-8,12-13,20-21,25,31H,9-11,14-19H2,1-4H3;2*1H/t20-,21+,25-;;/m1../s1. The Morgan fingerprint density at radius 3 is 2.62 bits per heavy atom. The molecule has 39 heavy (non-hydrogen) atoms. The number of fused-ring (bicyclic) bond motifs is 1. The van der Waals surface area contributed by atoms with Crippen molar-refractivity contribution in [2.24, 2.45) is 0 Å². The summed E-state index contributed by atoms with van der Waals surface area (Å²) < 4.78 is 19.0. The number of aromatic nitrogens is 1. The van der Waals surface area contributed by atoms with Crippen LogP contribution in [-0.2, 0) is 21.4 Å². The van der Waals surface area contributed by atoms with E-state index < -0.39 is 0 Å². The number of amides is 1. The van der Waals surface area contributed by atoms with Gasteiger partial charge in [0, 0.05) is 62.5 Å². The fourth-order valence-corrected chi connectivity index (χ4v) is 5.90. The van der Waals surface area contributed by atoms with Crippen LogP contribution in [0.5, 0.6) is 0 Å². The first-order valence-electron chi connectivity index (χ1n) is 13.5. The largest absolute Gasteiger partial charge is 0.379 e. The van der Waals surface area contributed by atoms with Gasteiger partial charge < -0.3 is 15.0 Å². The molecular formula is C29H42Cl2FN5O2. The Bertz CT molecular complexity index is 1120. The second-order valence-electron chi connectivity index (χ2n) is 11.7. The van der Waals surface area contributed by atoms with Gasteiger partial charge >= 0.3 is 0 Å². The highest BCUT2D eigenvalue weighted by atomic mass is 35.5. The summed E-state index contributed by atoms with van der Waals surface area (Å²) in [6, 6.07) is 9.69. The van der Waals surface area contributed by atoms with Gasteiger partial charge in [-0.3, -0.25) is 19.6 Å². The summed E-state index contributed by atoms with van der Waals surface area (Å²) in [5.74, 6) is -0.111. The van der Waals surface area contributed by atoms with Gasteiger partial charge in [0.1, 0.15) is 5.82 Å². The summed E-state index contributed by atoms with van der Waals surface area (Å²) in [5, 5.41) is 3.61. The van der Waals surface area contributed by atoms with Gasteiger partial charge in [0.05, 0.1) is 31.1 Å². The molecule has 1 amide bonds. The highest BCUT2D eigenvalue weighted by molar-refractivity contribution is 5.97. The van der Waals surface area contributed by atoms with E-state index in [1.165, 1.54) is 12.1 Å². The molecule has 7 nitrogen and oxygen atoms in total. The minimum absolute atomic E-state index is 0. The minimum Gasteiger partial charge on any atom is -0.379 e. The highest BCUT2D eigenvalue weighted by Gasteiger charge is 2.41. The van der Waals surface area contributed by atoms with Crippen LogP contribution in [0, 0.1) is 5.82 Å². The van der Waals surface area contributed by atoms with Gasteiger partial charge in [0.25, 0.3) is 0 Å². The number of rotatable bonds is 6. The third-order valence-corrected chi connectivity index (χ3v) is 8.05. The Hall–Kier alpha value is -1.81. The van der Waals surface area contributed by atoms with E-state index >= 15 is 0 Å². The summed E-state index contributed by atoms with van der Waals surface area (Å²) in [5.41, 5.74) is 3.72. The molecule has 1 aromatic carbocycles. The van der Waals surface area contributed by atoms with Crippen molar-refractivity contribution in [2.75, 3.05) is 57.4 Å². The van der Waals surface area contributed by atoms with Crippen molar-refractivity contribution < 1.29 is 13.9 Å². The second kappa shape index (κ2) is 13.2. The average molecular weight is 583 g/mol. The van der Waals surface area contributed by atoms with Gasteiger partial charge in [-0.25, -0.2) is 4.39 Å². The number of benzene rings is 1. The lowest BCUT2D eigenvalue weighted by Gasteiger charge is -2.43. The van der Waals surface area contributed by atoms with E-state index in [1.807, 2.05) is 11.1 Å². The van der Waals surface area contributed by atoms with Crippen molar-refractivity contribution >= 4 is 36.4 Å². The maximum atomic E-state index is 13.8. The Morgan fingerprint density at radius 1 is 1.15 bits per heavy atom. The maximum Gasteiger partial charge on any atom is 0.241 e. The highest BCUT2D eigenvalue weighted by Crippen LogP contribution is 2.39. The van der Waals surface area contributed by atoms with Crippen LogP contribution in [0.1, 0.15) is 44.5 Å². The molecule has 0 saturated carbocycles. The fourth-order valence-electron chi connectivity index (χ4n) is 5.90. The molecule has 4 heterocycles. The number of pyridine rings is 1. The molecule has 3 aliphatic rings. The number of carbonyl (C=O) groups is 1.